The molecule has 106 valence electrons. The van der Waals surface area contributed by atoms with Gasteiger partial charge in [0.05, 0.1) is 12.6 Å². The molecule has 8 nitrogen and oxygen atoms in total. The molecule has 0 bridgehead atoms. The first-order valence-corrected chi connectivity index (χ1v) is 6.08. The summed E-state index contributed by atoms with van der Waals surface area (Å²) >= 11 is 0. The molecule has 0 aromatic carbocycles. The van der Waals surface area contributed by atoms with Crippen LogP contribution in [-0.2, 0) is 4.79 Å². The number of ether oxygens (including phenoxy) is 1. The van der Waals surface area contributed by atoms with E-state index >= 15 is 0 Å². The number of anilines is 2. The molecule has 0 atom stereocenters. The highest BCUT2D eigenvalue weighted by atomic mass is 16.5. The molecule has 0 aliphatic rings. The van der Waals surface area contributed by atoms with E-state index < -0.39 is 0 Å². The molecule has 4 N–H and O–H groups in total. The van der Waals surface area contributed by atoms with E-state index in [-0.39, 0.29) is 42.5 Å². The second-order valence-electron chi connectivity index (χ2n) is 4.54. The van der Waals surface area contributed by atoms with Crippen molar-refractivity contribution in [1.29, 1.82) is 0 Å². The third-order valence-corrected chi connectivity index (χ3v) is 1.83. The normalized spacial score (nSPS) is 10.6. The molecule has 1 aromatic heterocycles. The third-order valence-electron chi connectivity index (χ3n) is 1.83. The molecule has 0 aliphatic heterocycles. The van der Waals surface area contributed by atoms with E-state index in [4.69, 9.17) is 10.5 Å². The zero-order valence-electron chi connectivity index (χ0n) is 11.6. The van der Waals surface area contributed by atoms with Crippen molar-refractivity contribution in [2.75, 3.05) is 17.6 Å². The van der Waals surface area contributed by atoms with Gasteiger partial charge in [0, 0.05) is 6.04 Å². The van der Waals surface area contributed by atoms with Crippen LogP contribution in [0.25, 0.3) is 0 Å². The van der Waals surface area contributed by atoms with E-state index in [1.807, 2.05) is 27.7 Å². The number of amides is 1. The van der Waals surface area contributed by atoms with Gasteiger partial charge in [-0.1, -0.05) is 0 Å². The summed E-state index contributed by atoms with van der Waals surface area (Å²) in [6.45, 7) is 7.52. The van der Waals surface area contributed by atoms with Gasteiger partial charge in [-0.25, -0.2) is 0 Å². The first-order chi connectivity index (χ1) is 8.86. The predicted octanol–water partition coefficient (Wildman–Crippen LogP) is 0.178. The molecular formula is C11H20N6O2. The lowest BCUT2D eigenvalue weighted by Crippen LogP contribution is -2.35. The predicted molar refractivity (Wildman–Crippen MR) is 71.8 cm³/mol. The van der Waals surface area contributed by atoms with Gasteiger partial charge in [0.25, 0.3) is 0 Å². The molecule has 1 aromatic rings. The third kappa shape index (κ3) is 5.84. The van der Waals surface area contributed by atoms with Gasteiger partial charge in [-0.2, -0.15) is 15.0 Å². The van der Waals surface area contributed by atoms with Gasteiger partial charge >= 0.3 is 6.01 Å². The molecule has 0 fully saturated rings. The number of carbonyl (C=O) groups excluding carboxylic acids is 1. The van der Waals surface area contributed by atoms with Gasteiger partial charge in [-0.15, -0.1) is 0 Å². The number of rotatable bonds is 6. The zero-order chi connectivity index (χ0) is 14.4. The number of aromatic nitrogens is 3. The number of nitrogens with zero attached hydrogens (tertiary/aromatic N) is 3. The molecular weight excluding hydrogens is 248 g/mol. The molecule has 1 heterocycles. The SMILES string of the molecule is CC(C)NC(=O)CNc1nc(N)nc(OC(C)C)n1. The lowest BCUT2D eigenvalue weighted by atomic mass is 10.4. The average molecular weight is 268 g/mol. The molecule has 0 saturated heterocycles. The summed E-state index contributed by atoms with van der Waals surface area (Å²) in [5, 5.41) is 5.51. The molecule has 1 rings (SSSR count). The summed E-state index contributed by atoms with van der Waals surface area (Å²) in [5.41, 5.74) is 5.54. The summed E-state index contributed by atoms with van der Waals surface area (Å²) in [4.78, 5) is 23.2. The van der Waals surface area contributed by atoms with Crippen LogP contribution in [0.4, 0.5) is 11.9 Å². The summed E-state index contributed by atoms with van der Waals surface area (Å²) < 4.78 is 5.32. The fourth-order valence-electron chi connectivity index (χ4n) is 1.25. The molecule has 0 saturated carbocycles. The van der Waals surface area contributed by atoms with Crippen molar-refractivity contribution in [2.45, 2.75) is 39.8 Å². The minimum atomic E-state index is -0.152. The first-order valence-electron chi connectivity index (χ1n) is 6.08. The smallest absolute Gasteiger partial charge is 0.323 e. The second-order valence-corrected chi connectivity index (χ2v) is 4.54. The Bertz CT molecular complexity index is 435. The fourth-order valence-corrected chi connectivity index (χ4v) is 1.25. The quantitative estimate of drug-likeness (QED) is 0.674. The highest BCUT2D eigenvalue weighted by molar-refractivity contribution is 5.80. The number of hydrogen-bond acceptors (Lipinski definition) is 7. The highest BCUT2D eigenvalue weighted by Crippen LogP contribution is 2.10. The number of nitrogens with one attached hydrogen (secondary N) is 2. The molecule has 19 heavy (non-hydrogen) atoms. The fraction of sp³-hybridized carbons (Fsp3) is 0.636. The Balaban J connectivity index is 2.63. The standard InChI is InChI=1S/C11H20N6O2/c1-6(2)14-8(18)5-13-10-15-9(12)16-11(17-10)19-7(3)4/h6-7H,5H2,1-4H3,(H,14,18)(H3,12,13,15,16,17). The van der Waals surface area contributed by atoms with Crippen LogP contribution in [-0.4, -0.2) is 39.5 Å². The molecule has 8 heteroatoms. The van der Waals surface area contributed by atoms with Gasteiger partial charge in [0.15, 0.2) is 0 Å². The van der Waals surface area contributed by atoms with Crippen molar-refractivity contribution in [1.82, 2.24) is 20.3 Å². The van der Waals surface area contributed by atoms with Crippen LogP contribution in [0.15, 0.2) is 0 Å². The van der Waals surface area contributed by atoms with Crippen LogP contribution in [0, 0.1) is 0 Å². The van der Waals surface area contributed by atoms with Crippen LogP contribution in [0.2, 0.25) is 0 Å². The Morgan fingerprint density at radius 2 is 1.95 bits per heavy atom. The summed E-state index contributed by atoms with van der Waals surface area (Å²) in [7, 11) is 0. The molecule has 0 spiro atoms. The van der Waals surface area contributed by atoms with Crippen molar-refractivity contribution in [2.24, 2.45) is 0 Å². The molecule has 0 aliphatic carbocycles. The van der Waals surface area contributed by atoms with Crippen LogP contribution >= 0.6 is 0 Å². The van der Waals surface area contributed by atoms with Crippen molar-refractivity contribution < 1.29 is 9.53 Å². The van der Waals surface area contributed by atoms with Crippen molar-refractivity contribution in [3.05, 3.63) is 0 Å². The maximum Gasteiger partial charge on any atom is 0.323 e. The van der Waals surface area contributed by atoms with Crippen LogP contribution in [0.5, 0.6) is 6.01 Å². The largest absolute Gasteiger partial charge is 0.461 e. The second kappa shape index (κ2) is 6.72. The van der Waals surface area contributed by atoms with E-state index in [0.29, 0.717) is 0 Å². The Morgan fingerprint density at radius 1 is 1.26 bits per heavy atom. The molecule has 0 unspecified atom stereocenters. The van der Waals surface area contributed by atoms with Gasteiger partial charge in [0.2, 0.25) is 17.8 Å². The van der Waals surface area contributed by atoms with Crippen LogP contribution in [0.1, 0.15) is 27.7 Å². The topological polar surface area (TPSA) is 115 Å². The van der Waals surface area contributed by atoms with Gasteiger partial charge in [-0.05, 0) is 27.7 Å². The van der Waals surface area contributed by atoms with E-state index in [0.717, 1.165) is 0 Å². The van der Waals surface area contributed by atoms with E-state index in [1.54, 1.807) is 0 Å². The van der Waals surface area contributed by atoms with E-state index in [2.05, 4.69) is 25.6 Å². The van der Waals surface area contributed by atoms with E-state index in [1.165, 1.54) is 0 Å². The molecule has 0 radical (unpaired) electrons. The minimum absolute atomic E-state index is 0.0393. The summed E-state index contributed by atoms with van der Waals surface area (Å²) in [6, 6.07) is 0.215. The zero-order valence-corrected chi connectivity index (χ0v) is 11.6. The van der Waals surface area contributed by atoms with Gasteiger partial charge < -0.3 is 21.1 Å². The highest BCUT2D eigenvalue weighted by Gasteiger charge is 2.09. The Kier molecular flexibility index (Phi) is 5.28. The average Bonchev–Trinajstić information content (AvgIpc) is 2.23. The number of hydrogen-bond donors (Lipinski definition) is 3. The minimum Gasteiger partial charge on any atom is -0.461 e. The van der Waals surface area contributed by atoms with Gasteiger partial charge in [-0.3, -0.25) is 4.79 Å². The number of nitrogens with two attached hydrogens (primary N) is 1. The summed E-state index contributed by atoms with van der Waals surface area (Å²) in [5.74, 6) is 0.0970. The Morgan fingerprint density at radius 3 is 2.53 bits per heavy atom. The molecule has 1 amide bonds. The lowest BCUT2D eigenvalue weighted by Gasteiger charge is -2.11. The summed E-state index contributed by atoms with van der Waals surface area (Å²) in [6.07, 6.45) is -0.0705. The van der Waals surface area contributed by atoms with E-state index in [9.17, 15) is 4.79 Å². The lowest BCUT2D eigenvalue weighted by molar-refractivity contribution is -0.119. The van der Waals surface area contributed by atoms with Crippen molar-refractivity contribution in [3.63, 3.8) is 0 Å². The number of nitrogen functional groups attached to an aromatic ring is 1. The van der Waals surface area contributed by atoms with Crippen molar-refractivity contribution in [3.8, 4) is 6.01 Å². The van der Waals surface area contributed by atoms with Gasteiger partial charge in [0.1, 0.15) is 0 Å². The Hall–Kier alpha value is -2.12. The Labute approximate surface area is 112 Å². The number of carbonyl (C=O) groups is 1. The maximum atomic E-state index is 11.5. The van der Waals surface area contributed by atoms with Crippen LogP contribution in [0.3, 0.4) is 0 Å². The maximum absolute atomic E-state index is 11.5. The monoisotopic (exact) mass is 268 g/mol. The van der Waals surface area contributed by atoms with Crippen LogP contribution < -0.4 is 21.1 Å². The van der Waals surface area contributed by atoms with Crippen molar-refractivity contribution >= 4 is 17.8 Å². The first kappa shape index (κ1) is 14.9.